The number of fused-ring (bicyclic) bond motifs is 1. The third kappa shape index (κ3) is 4.82. The summed E-state index contributed by atoms with van der Waals surface area (Å²) in [7, 11) is 0. The molecule has 0 bridgehead atoms. The van der Waals surface area contributed by atoms with Crippen LogP contribution in [0.5, 0.6) is 5.75 Å². The smallest absolute Gasteiger partial charge is 0.225 e. The molecule has 9 heteroatoms. The van der Waals surface area contributed by atoms with Gasteiger partial charge in [0.05, 0.1) is 5.69 Å². The number of phenols is 1. The molecule has 3 rings (SSSR count). The Balaban J connectivity index is 1.94. The van der Waals surface area contributed by atoms with Crippen LogP contribution in [0.25, 0.3) is 11.0 Å². The SMILES string of the molecule is CC(C)c1n[nH]c2c(NCc3cc(O)cc(Cl)c3)nc(NCC(C)(C)N)nc12. The second-order valence-corrected chi connectivity index (χ2v) is 8.33. The van der Waals surface area contributed by atoms with Gasteiger partial charge in [0, 0.05) is 23.7 Å². The molecule has 0 spiro atoms. The normalized spacial score (nSPS) is 12.0. The minimum Gasteiger partial charge on any atom is -0.508 e. The van der Waals surface area contributed by atoms with E-state index in [0.717, 1.165) is 22.3 Å². The van der Waals surface area contributed by atoms with E-state index in [-0.39, 0.29) is 11.7 Å². The molecule has 0 saturated carbocycles. The summed E-state index contributed by atoms with van der Waals surface area (Å²) in [5.74, 6) is 1.42. The van der Waals surface area contributed by atoms with Crippen molar-refractivity contribution in [3.05, 3.63) is 34.5 Å². The van der Waals surface area contributed by atoms with Gasteiger partial charge in [-0.25, -0.2) is 4.98 Å². The van der Waals surface area contributed by atoms with Gasteiger partial charge in [-0.05, 0) is 43.5 Å². The molecule has 0 unspecified atom stereocenters. The number of hydrogen-bond donors (Lipinski definition) is 5. The van der Waals surface area contributed by atoms with Gasteiger partial charge in [-0.2, -0.15) is 10.1 Å². The van der Waals surface area contributed by atoms with Crippen LogP contribution in [0.2, 0.25) is 5.02 Å². The Hall–Kier alpha value is -2.58. The molecule has 0 aliphatic heterocycles. The molecule has 0 radical (unpaired) electrons. The molecule has 0 atom stereocenters. The van der Waals surface area contributed by atoms with Gasteiger partial charge in [0.2, 0.25) is 5.95 Å². The van der Waals surface area contributed by atoms with Crippen LogP contribution in [0.1, 0.15) is 44.9 Å². The van der Waals surface area contributed by atoms with Gasteiger partial charge < -0.3 is 21.5 Å². The average Bonchev–Trinajstić information content (AvgIpc) is 3.00. The van der Waals surface area contributed by atoms with E-state index in [0.29, 0.717) is 29.9 Å². The van der Waals surface area contributed by atoms with E-state index in [1.807, 2.05) is 13.8 Å². The Labute approximate surface area is 168 Å². The second-order valence-electron chi connectivity index (χ2n) is 7.90. The number of benzene rings is 1. The number of H-pyrrole nitrogens is 1. The molecule has 0 aliphatic rings. The number of aromatic hydroxyl groups is 1. The van der Waals surface area contributed by atoms with E-state index in [1.165, 1.54) is 6.07 Å². The second kappa shape index (κ2) is 7.81. The Bertz CT molecular complexity index is 958. The maximum atomic E-state index is 9.74. The molecule has 8 nitrogen and oxygen atoms in total. The van der Waals surface area contributed by atoms with Gasteiger partial charge in [0.15, 0.2) is 5.82 Å². The Morgan fingerprint density at radius 2 is 1.96 bits per heavy atom. The molecular formula is C19H26ClN7O. The fourth-order valence-electron chi connectivity index (χ4n) is 2.76. The van der Waals surface area contributed by atoms with Crippen LogP contribution in [-0.4, -0.2) is 37.4 Å². The van der Waals surface area contributed by atoms with E-state index in [9.17, 15) is 5.11 Å². The van der Waals surface area contributed by atoms with Crippen molar-refractivity contribution < 1.29 is 5.11 Å². The number of aromatic amines is 1. The highest BCUT2D eigenvalue weighted by atomic mass is 35.5. The number of rotatable bonds is 7. The predicted octanol–water partition coefficient (Wildman–Crippen LogP) is 3.60. The number of nitrogens with zero attached hydrogens (tertiary/aromatic N) is 3. The first-order chi connectivity index (χ1) is 13.1. The quantitative estimate of drug-likeness (QED) is 0.408. The van der Waals surface area contributed by atoms with Crippen molar-refractivity contribution in [3.63, 3.8) is 0 Å². The first-order valence-electron chi connectivity index (χ1n) is 9.13. The van der Waals surface area contributed by atoms with Crippen LogP contribution in [0, 0.1) is 0 Å². The van der Waals surface area contributed by atoms with Crippen molar-refractivity contribution in [2.24, 2.45) is 5.73 Å². The molecule has 0 saturated heterocycles. The van der Waals surface area contributed by atoms with Gasteiger partial charge >= 0.3 is 0 Å². The first-order valence-corrected chi connectivity index (χ1v) is 9.51. The lowest BCUT2D eigenvalue weighted by Crippen LogP contribution is -2.40. The monoisotopic (exact) mass is 403 g/mol. The van der Waals surface area contributed by atoms with Gasteiger partial charge in [-0.1, -0.05) is 25.4 Å². The van der Waals surface area contributed by atoms with Crippen LogP contribution in [-0.2, 0) is 6.54 Å². The molecule has 2 heterocycles. The minimum atomic E-state index is -0.401. The molecule has 28 heavy (non-hydrogen) atoms. The van der Waals surface area contributed by atoms with E-state index in [2.05, 4.69) is 44.6 Å². The minimum absolute atomic E-state index is 0.119. The summed E-state index contributed by atoms with van der Waals surface area (Å²) in [5, 5.41) is 24.1. The highest BCUT2D eigenvalue weighted by molar-refractivity contribution is 6.30. The van der Waals surface area contributed by atoms with Gasteiger partial charge in [0.25, 0.3) is 0 Å². The molecule has 1 aromatic carbocycles. The molecule has 6 N–H and O–H groups in total. The van der Waals surface area contributed by atoms with E-state index >= 15 is 0 Å². The summed E-state index contributed by atoms with van der Waals surface area (Å²) < 4.78 is 0. The molecule has 3 aromatic rings. The van der Waals surface area contributed by atoms with Crippen LogP contribution in [0.15, 0.2) is 18.2 Å². The lowest BCUT2D eigenvalue weighted by atomic mass is 10.1. The van der Waals surface area contributed by atoms with Gasteiger partial charge in [0.1, 0.15) is 16.8 Å². The lowest BCUT2D eigenvalue weighted by Gasteiger charge is -2.19. The fourth-order valence-corrected chi connectivity index (χ4v) is 3.01. The first kappa shape index (κ1) is 20.2. The van der Waals surface area contributed by atoms with Crippen molar-refractivity contribution in [3.8, 4) is 5.75 Å². The Morgan fingerprint density at radius 3 is 2.61 bits per heavy atom. The number of phenolic OH excluding ortho intramolecular Hbond substituents is 1. The molecule has 150 valence electrons. The van der Waals surface area contributed by atoms with Gasteiger partial charge in [-0.15, -0.1) is 0 Å². The topological polar surface area (TPSA) is 125 Å². The van der Waals surface area contributed by atoms with E-state index in [4.69, 9.17) is 17.3 Å². The average molecular weight is 404 g/mol. The number of hydrogen-bond acceptors (Lipinski definition) is 7. The van der Waals surface area contributed by atoms with Crippen LogP contribution in [0.4, 0.5) is 11.8 Å². The molecule has 0 aliphatic carbocycles. The number of aromatic nitrogens is 4. The Morgan fingerprint density at radius 1 is 1.21 bits per heavy atom. The highest BCUT2D eigenvalue weighted by Gasteiger charge is 2.18. The summed E-state index contributed by atoms with van der Waals surface area (Å²) in [6, 6.07) is 4.93. The predicted molar refractivity (Wildman–Crippen MR) is 113 cm³/mol. The third-order valence-corrected chi connectivity index (χ3v) is 4.31. The molecule has 2 aromatic heterocycles. The zero-order valence-corrected chi connectivity index (χ0v) is 17.2. The molecule has 0 fully saturated rings. The maximum absolute atomic E-state index is 9.74. The standard InChI is InChI=1S/C19H26ClN7O/c1-10(2)14-15-16(27-26-14)17(25-18(24-15)23-9-19(3,4)21)22-8-11-5-12(20)7-13(28)6-11/h5-7,10,28H,8-9,21H2,1-4H3,(H,26,27)(H2,22,23,24,25). The number of halogens is 1. The third-order valence-electron chi connectivity index (χ3n) is 4.09. The zero-order chi connectivity index (χ0) is 20.5. The fraction of sp³-hybridized carbons (Fsp3) is 0.421. The van der Waals surface area contributed by atoms with Crippen LogP contribution >= 0.6 is 11.6 Å². The van der Waals surface area contributed by atoms with Crippen molar-refractivity contribution in [1.82, 2.24) is 20.2 Å². The van der Waals surface area contributed by atoms with E-state index < -0.39 is 5.54 Å². The summed E-state index contributed by atoms with van der Waals surface area (Å²) in [5.41, 5.74) is 8.86. The van der Waals surface area contributed by atoms with Crippen LogP contribution in [0.3, 0.4) is 0 Å². The number of nitrogens with one attached hydrogen (secondary N) is 3. The maximum Gasteiger partial charge on any atom is 0.225 e. The Kier molecular flexibility index (Phi) is 5.62. The largest absolute Gasteiger partial charge is 0.508 e. The molecular weight excluding hydrogens is 378 g/mol. The number of anilines is 2. The van der Waals surface area contributed by atoms with Crippen molar-refractivity contribution in [1.29, 1.82) is 0 Å². The summed E-state index contributed by atoms with van der Waals surface area (Å²) in [4.78, 5) is 9.21. The summed E-state index contributed by atoms with van der Waals surface area (Å²) in [6.07, 6.45) is 0. The number of nitrogens with two attached hydrogens (primary N) is 1. The lowest BCUT2D eigenvalue weighted by molar-refractivity contribution is 0.474. The van der Waals surface area contributed by atoms with Gasteiger partial charge in [-0.3, -0.25) is 5.10 Å². The highest BCUT2D eigenvalue weighted by Crippen LogP contribution is 2.28. The molecule has 0 amide bonds. The van der Waals surface area contributed by atoms with E-state index in [1.54, 1.807) is 12.1 Å². The van der Waals surface area contributed by atoms with Crippen LogP contribution < -0.4 is 16.4 Å². The van der Waals surface area contributed by atoms with Crippen molar-refractivity contribution in [2.75, 3.05) is 17.2 Å². The summed E-state index contributed by atoms with van der Waals surface area (Å²) >= 11 is 6.02. The zero-order valence-electron chi connectivity index (χ0n) is 16.5. The van der Waals surface area contributed by atoms with Crippen molar-refractivity contribution >= 4 is 34.4 Å². The van der Waals surface area contributed by atoms with Crippen molar-refractivity contribution in [2.45, 2.75) is 45.7 Å². The summed E-state index contributed by atoms with van der Waals surface area (Å²) in [6.45, 7) is 8.94.